The van der Waals surface area contributed by atoms with Crippen LogP contribution >= 0.6 is 11.6 Å². The number of hydrogen-bond donors (Lipinski definition) is 0. The molecule has 3 nitrogen and oxygen atoms in total. The first-order chi connectivity index (χ1) is 7.75. The van der Waals surface area contributed by atoms with Crippen LogP contribution in [0.4, 0.5) is 0 Å². The molecule has 16 heavy (non-hydrogen) atoms. The summed E-state index contributed by atoms with van der Waals surface area (Å²) in [5.41, 5.74) is 0. The SMILES string of the molecule is CN1CCOC(COc2ccccc2Cl)C1. The monoisotopic (exact) mass is 241 g/mol. The molecular formula is C12H16ClNO2. The largest absolute Gasteiger partial charge is 0.489 e. The lowest BCUT2D eigenvalue weighted by molar-refractivity contribution is -0.0403. The average Bonchev–Trinajstić information content (AvgIpc) is 2.28. The first kappa shape index (κ1) is 11.7. The van der Waals surface area contributed by atoms with E-state index in [2.05, 4.69) is 11.9 Å². The van der Waals surface area contributed by atoms with Crippen LogP contribution in [-0.4, -0.2) is 44.4 Å². The van der Waals surface area contributed by atoms with Crippen molar-refractivity contribution in [1.29, 1.82) is 0 Å². The highest BCUT2D eigenvalue weighted by Crippen LogP contribution is 2.23. The van der Waals surface area contributed by atoms with Gasteiger partial charge in [-0.2, -0.15) is 0 Å². The Bertz CT molecular complexity index is 346. The third-order valence-electron chi connectivity index (χ3n) is 2.60. The normalized spacial score (nSPS) is 22.0. The number of ether oxygens (including phenoxy) is 2. The topological polar surface area (TPSA) is 21.7 Å². The first-order valence-electron chi connectivity index (χ1n) is 5.43. The van der Waals surface area contributed by atoms with Crippen LogP contribution in [0.25, 0.3) is 0 Å². The van der Waals surface area contributed by atoms with E-state index in [0.717, 1.165) is 25.4 Å². The van der Waals surface area contributed by atoms with Gasteiger partial charge in [-0.3, -0.25) is 0 Å². The lowest BCUT2D eigenvalue weighted by Gasteiger charge is -2.29. The number of morpholine rings is 1. The minimum atomic E-state index is 0.134. The van der Waals surface area contributed by atoms with Crippen LogP contribution in [0.1, 0.15) is 0 Å². The zero-order valence-corrected chi connectivity index (χ0v) is 10.1. The predicted octanol–water partition coefficient (Wildman–Crippen LogP) is 2.05. The predicted molar refractivity (Wildman–Crippen MR) is 64.2 cm³/mol. The lowest BCUT2D eigenvalue weighted by Crippen LogP contribution is -2.42. The molecule has 2 rings (SSSR count). The van der Waals surface area contributed by atoms with Crippen molar-refractivity contribution < 1.29 is 9.47 Å². The summed E-state index contributed by atoms with van der Waals surface area (Å²) in [4.78, 5) is 2.24. The summed E-state index contributed by atoms with van der Waals surface area (Å²) >= 11 is 5.99. The molecular weight excluding hydrogens is 226 g/mol. The van der Waals surface area contributed by atoms with Gasteiger partial charge in [0.25, 0.3) is 0 Å². The van der Waals surface area contributed by atoms with Crippen molar-refractivity contribution in [2.75, 3.05) is 33.4 Å². The fourth-order valence-electron chi connectivity index (χ4n) is 1.71. The van der Waals surface area contributed by atoms with Crippen LogP contribution in [-0.2, 0) is 4.74 Å². The zero-order valence-electron chi connectivity index (χ0n) is 9.36. The second-order valence-corrected chi connectivity index (χ2v) is 4.40. The van der Waals surface area contributed by atoms with E-state index in [9.17, 15) is 0 Å². The molecule has 0 aromatic heterocycles. The molecule has 0 aliphatic carbocycles. The Hall–Kier alpha value is -0.770. The molecule has 4 heteroatoms. The summed E-state index contributed by atoms with van der Waals surface area (Å²) < 4.78 is 11.2. The number of hydrogen-bond acceptors (Lipinski definition) is 3. The van der Waals surface area contributed by atoms with Gasteiger partial charge in [0.05, 0.1) is 11.6 Å². The van der Waals surface area contributed by atoms with Gasteiger partial charge in [-0.1, -0.05) is 23.7 Å². The van der Waals surface area contributed by atoms with Crippen molar-refractivity contribution >= 4 is 11.6 Å². The van der Waals surface area contributed by atoms with E-state index in [1.807, 2.05) is 24.3 Å². The van der Waals surface area contributed by atoms with Crippen LogP contribution in [0.2, 0.25) is 5.02 Å². The Balaban J connectivity index is 1.85. The van der Waals surface area contributed by atoms with E-state index in [1.54, 1.807) is 0 Å². The minimum absolute atomic E-state index is 0.134. The molecule has 1 aromatic rings. The van der Waals surface area contributed by atoms with Crippen molar-refractivity contribution in [1.82, 2.24) is 4.90 Å². The van der Waals surface area contributed by atoms with Gasteiger partial charge < -0.3 is 14.4 Å². The number of rotatable bonds is 3. The summed E-state index contributed by atoms with van der Waals surface area (Å²) in [6, 6.07) is 7.49. The Morgan fingerprint density at radius 1 is 1.50 bits per heavy atom. The number of halogens is 1. The summed E-state index contributed by atoms with van der Waals surface area (Å²) in [6.45, 7) is 3.22. The maximum absolute atomic E-state index is 5.99. The second kappa shape index (κ2) is 5.53. The van der Waals surface area contributed by atoms with E-state index >= 15 is 0 Å². The standard InChI is InChI=1S/C12H16ClNO2/c1-14-6-7-15-10(8-14)9-16-12-5-3-2-4-11(12)13/h2-5,10H,6-9H2,1H3. The van der Waals surface area contributed by atoms with Crippen molar-refractivity contribution in [3.63, 3.8) is 0 Å². The van der Waals surface area contributed by atoms with Crippen molar-refractivity contribution in [2.24, 2.45) is 0 Å². The number of para-hydroxylation sites is 1. The Morgan fingerprint density at radius 3 is 3.06 bits per heavy atom. The molecule has 1 aliphatic heterocycles. The van der Waals surface area contributed by atoms with E-state index in [1.165, 1.54) is 0 Å². The Morgan fingerprint density at radius 2 is 2.31 bits per heavy atom. The number of benzene rings is 1. The molecule has 1 aliphatic rings. The highest BCUT2D eigenvalue weighted by Gasteiger charge is 2.18. The maximum Gasteiger partial charge on any atom is 0.138 e. The molecule has 1 heterocycles. The summed E-state index contributed by atoms with van der Waals surface area (Å²) in [5.74, 6) is 0.723. The fraction of sp³-hybridized carbons (Fsp3) is 0.500. The Labute approximate surface area is 101 Å². The number of likely N-dealkylation sites (N-methyl/N-ethyl adjacent to an activating group) is 1. The van der Waals surface area contributed by atoms with Crippen molar-refractivity contribution in [3.05, 3.63) is 29.3 Å². The van der Waals surface area contributed by atoms with Gasteiger partial charge in [0.2, 0.25) is 0 Å². The molecule has 0 bridgehead atoms. The van der Waals surface area contributed by atoms with Gasteiger partial charge in [0, 0.05) is 13.1 Å². The highest BCUT2D eigenvalue weighted by atomic mass is 35.5. The third-order valence-corrected chi connectivity index (χ3v) is 2.92. The summed E-state index contributed by atoms with van der Waals surface area (Å²) in [6.07, 6.45) is 0.134. The fourth-order valence-corrected chi connectivity index (χ4v) is 1.90. The van der Waals surface area contributed by atoms with Crippen LogP contribution in [0.3, 0.4) is 0 Å². The average molecular weight is 242 g/mol. The second-order valence-electron chi connectivity index (χ2n) is 4.00. The van der Waals surface area contributed by atoms with Crippen LogP contribution in [0.15, 0.2) is 24.3 Å². The van der Waals surface area contributed by atoms with Gasteiger partial charge in [0.1, 0.15) is 18.5 Å². The van der Waals surface area contributed by atoms with Gasteiger partial charge >= 0.3 is 0 Å². The van der Waals surface area contributed by atoms with Crippen LogP contribution < -0.4 is 4.74 Å². The van der Waals surface area contributed by atoms with Gasteiger partial charge in [0.15, 0.2) is 0 Å². The zero-order chi connectivity index (χ0) is 11.4. The summed E-state index contributed by atoms with van der Waals surface area (Å²) in [7, 11) is 2.09. The van der Waals surface area contributed by atoms with E-state index in [4.69, 9.17) is 21.1 Å². The smallest absolute Gasteiger partial charge is 0.138 e. The minimum Gasteiger partial charge on any atom is -0.489 e. The van der Waals surface area contributed by atoms with E-state index < -0.39 is 0 Å². The molecule has 1 atom stereocenters. The maximum atomic E-state index is 5.99. The third kappa shape index (κ3) is 3.11. The molecule has 1 saturated heterocycles. The molecule has 88 valence electrons. The van der Waals surface area contributed by atoms with Crippen molar-refractivity contribution in [2.45, 2.75) is 6.10 Å². The van der Waals surface area contributed by atoms with Crippen LogP contribution in [0.5, 0.6) is 5.75 Å². The lowest BCUT2D eigenvalue weighted by atomic mass is 10.3. The number of nitrogens with zero attached hydrogens (tertiary/aromatic N) is 1. The quantitative estimate of drug-likeness (QED) is 0.809. The highest BCUT2D eigenvalue weighted by molar-refractivity contribution is 6.32. The molecule has 0 radical (unpaired) electrons. The first-order valence-corrected chi connectivity index (χ1v) is 5.81. The van der Waals surface area contributed by atoms with Crippen molar-refractivity contribution in [3.8, 4) is 5.75 Å². The van der Waals surface area contributed by atoms with E-state index in [0.29, 0.717) is 11.6 Å². The van der Waals surface area contributed by atoms with Gasteiger partial charge in [-0.05, 0) is 19.2 Å². The molecule has 1 unspecified atom stereocenters. The molecule has 1 fully saturated rings. The molecule has 1 aromatic carbocycles. The molecule has 0 spiro atoms. The van der Waals surface area contributed by atoms with Gasteiger partial charge in [-0.25, -0.2) is 0 Å². The summed E-state index contributed by atoms with van der Waals surface area (Å²) in [5, 5.41) is 0.645. The molecule has 0 saturated carbocycles. The molecule has 0 amide bonds. The van der Waals surface area contributed by atoms with E-state index in [-0.39, 0.29) is 6.10 Å². The van der Waals surface area contributed by atoms with Gasteiger partial charge in [-0.15, -0.1) is 0 Å². The molecule has 0 N–H and O–H groups in total. The van der Waals surface area contributed by atoms with Crippen LogP contribution in [0, 0.1) is 0 Å². The Kier molecular flexibility index (Phi) is 4.04.